The zero-order valence-electron chi connectivity index (χ0n) is 14.9. The molecule has 0 fully saturated rings. The topological polar surface area (TPSA) is 64.0 Å². The van der Waals surface area contributed by atoms with Crippen molar-refractivity contribution in [2.75, 3.05) is 5.43 Å². The maximum Gasteiger partial charge on any atom is 0.280 e. The number of hydrogen-bond acceptors (Lipinski definition) is 4. The fraction of sp³-hybridized carbons (Fsp3) is 0.0455. The molecule has 28 heavy (non-hydrogen) atoms. The van der Waals surface area contributed by atoms with E-state index in [9.17, 15) is 9.59 Å². The van der Waals surface area contributed by atoms with Gasteiger partial charge in [-0.2, -0.15) is 17.3 Å². The largest absolute Gasteiger partial charge is 0.280 e. The van der Waals surface area contributed by atoms with Crippen LogP contribution in [-0.2, 0) is 5.75 Å². The van der Waals surface area contributed by atoms with Gasteiger partial charge in [0.1, 0.15) is 0 Å². The van der Waals surface area contributed by atoms with Crippen LogP contribution < -0.4 is 11.0 Å². The van der Waals surface area contributed by atoms with Gasteiger partial charge in [-0.05, 0) is 29.8 Å². The van der Waals surface area contributed by atoms with E-state index >= 15 is 0 Å². The van der Waals surface area contributed by atoms with Crippen LogP contribution in [0.2, 0.25) is 0 Å². The second-order valence-corrected chi connectivity index (χ2v) is 6.57. The number of fused-ring (bicyclic) bond motifs is 1. The summed E-state index contributed by atoms with van der Waals surface area (Å²) in [6.45, 7) is 0. The third-order valence-electron chi connectivity index (χ3n) is 4.42. The number of para-hydroxylation sites is 1. The molecule has 4 aromatic rings. The number of benzene rings is 3. The third-order valence-corrected chi connectivity index (χ3v) is 4.78. The summed E-state index contributed by atoms with van der Waals surface area (Å²) >= 11 is 4.22. The minimum Gasteiger partial charge on any atom is -0.267 e. The van der Waals surface area contributed by atoms with E-state index in [1.165, 1.54) is 4.68 Å². The van der Waals surface area contributed by atoms with Crippen molar-refractivity contribution in [2.45, 2.75) is 5.75 Å². The van der Waals surface area contributed by atoms with Crippen molar-refractivity contribution in [3.63, 3.8) is 0 Å². The first-order valence-corrected chi connectivity index (χ1v) is 9.39. The molecule has 6 heteroatoms. The van der Waals surface area contributed by atoms with Gasteiger partial charge in [0, 0.05) is 16.9 Å². The molecule has 0 aliphatic carbocycles. The first kappa shape index (κ1) is 18.0. The van der Waals surface area contributed by atoms with Crippen molar-refractivity contribution in [1.29, 1.82) is 0 Å². The van der Waals surface area contributed by atoms with Gasteiger partial charge in [-0.1, -0.05) is 54.6 Å². The predicted molar refractivity (Wildman–Crippen MR) is 114 cm³/mol. The Morgan fingerprint density at radius 1 is 0.929 bits per heavy atom. The van der Waals surface area contributed by atoms with E-state index in [-0.39, 0.29) is 11.5 Å². The molecule has 3 aromatic carbocycles. The van der Waals surface area contributed by atoms with Crippen molar-refractivity contribution < 1.29 is 4.79 Å². The number of carbonyl (C=O) groups is 1. The summed E-state index contributed by atoms with van der Waals surface area (Å²) in [5.74, 6) is 0.584. The minimum absolute atomic E-state index is 0.329. The third kappa shape index (κ3) is 3.42. The number of nitrogens with zero attached hydrogens (tertiary/aromatic N) is 2. The summed E-state index contributed by atoms with van der Waals surface area (Å²) in [5, 5.41) is 0.438. The molecule has 5 nitrogen and oxygen atoms in total. The highest BCUT2D eigenvalue weighted by Gasteiger charge is 2.15. The number of amides is 1. The lowest BCUT2D eigenvalue weighted by molar-refractivity contribution is 0.101. The Balaban J connectivity index is 1.83. The Kier molecular flexibility index (Phi) is 4.95. The van der Waals surface area contributed by atoms with E-state index in [4.69, 9.17) is 0 Å². The van der Waals surface area contributed by atoms with Crippen LogP contribution in [-0.4, -0.2) is 15.6 Å². The van der Waals surface area contributed by atoms with Crippen LogP contribution in [0.25, 0.3) is 22.3 Å². The molecule has 0 aliphatic heterocycles. The molecule has 1 amide bonds. The molecule has 0 saturated carbocycles. The number of rotatable bonds is 4. The number of thiol groups is 1. The fourth-order valence-corrected chi connectivity index (χ4v) is 3.16. The lowest BCUT2D eigenvalue weighted by Crippen LogP contribution is -2.35. The van der Waals surface area contributed by atoms with Crippen LogP contribution >= 0.6 is 12.6 Å². The quantitative estimate of drug-likeness (QED) is 0.523. The molecule has 0 bridgehead atoms. The van der Waals surface area contributed by atoms with Crippen LogP contribution in [0.5, 0.6) is 0 Å². The number of nitrogens with one attached hydrogen (secondary N) is 1. The highest BCUT2D eigenvalue weighted by atomic mass is 32.1. The molecule has 0 aliphatic rings. The van der Waals surface area contributed by atoms with Gasteiger partial charge in [0.2, 0.25) is 0 Å². The SMILES string of the molecule is O=C(Nn1c(-c2ccccc2)nc2ccccc2c1=O)c1ccc(CS)cc1. The van der Waals surface area contributed by atoms with Gasteiger partial charge >= 0.3 is 0 Å². The molecule has 1 heterocycles. The highest BCUT2D eigenvalue weighted by Crippen LogP contribution is 2.18. The molecule has 0 atom stereocenters. The van der Waals surface area contributed by atoms with Crippen molar-refractivity contribution in [3.05, 3.63) is 100 Å². The molecule has 0 radical (unpaired) electrons. The normalized spacial score (nSPS) is 10.8. The second-order valence-electron chi connectivity index (χ2n) is 6.26. The Morgan fingerprint density at radius 3 is 2.32 bits per heavy atom. The van der Waals surface area contributed by atoms with Crippen LogP contribution in [0, 0.1) is 0 Å². The highest BCUT2D eigenvalue weighted by molar-refractivity contribution is 7.79. The molecule has 0 spiro atoms. The number of carbonyl (C=O) groups excluding carboxylic acids is 1. The van der Waals surface area contributed by atoms with Crippen molar-refractivity contribution in [2.24, 2.45) is 0 Å². The van der Waals surface area contributed by atoms with Gasteiger partial charge < -0.3 is 0 Å². The van der Waals surface area contributed by atoms with Crippen molar-refractivity contribution in [3.8, 4) is 11.4 Å². The zero-order valence-corrected chi connectivity index (χ0v) is 15.8. The van der Waals surface area contributed by atoms with Gasteiger partial charge in [-0.25, -0.2) is 4.98 Å². The number of hydrogen-bond donors (Lipinski definition) is 2. The van der Waals surface area contributed by atoms with E-state index in [0.717, 1.165) is 11.1 Å². The molecular weight excluding hydrogens is 370 g/mol. The Bertz CT molecular complexity index is 1200. The van der Waals surface area contributed by atoms with Crippen LogP contribution in [0.3, 0.4) is 0 Å². The molecule has 1 aromatic heterocycles. The standard InChI is InChI=1S/C22H17N3O2S/c26-21(17-12-10-15(14-28)11-13-17)24-25-20(16-6-2-1-3-7-16)23-19-9-5-4-8-18(19)22(25)27/h1-13,28H,14H2,(H,24,26). The lowest BCUT2D eigenvalue weighted by atomic mass is 10.1. The van der Waals surface area contributed by atoms with Crippen molar-refractivity contribution >= 4 is 29.4 Å². The second kappa shape index (κ2) is 7.70. The summed E-state index contributed by atoms with van der Waals surface area (Å²) in [6.07, 6.45) is 0. The van der Waals surface area contributed by atoms with Crippen LogP contribution in [0.1, 0.15) is 15.9 Å². The van der Waals surface area contributed by atoms with Gasteiger partial charge in [0.15, 0.2) is 5.82 Å². The molecule has 0 saturated heterocycles. The smallest absolute Gasteiger partial charge is 0.267 e. The van der Waals surface area contributed by atoms with E-state index in [0.29, 0.717) is 28.0 Å². The minimum atomic E-state index is -0.387. The summed E-state index contributed by atoms with van der Waals surface area (Å²) in [5.41, 5.74) is 5.15. The monoisotopic (exact) mass is 387 g/mol. The van der Waals surface area contributed by atoms with Gasteiger partial charge in [-0.3, -0.25) is 15.0 Å². The molecule has 0 unspecified atom stereocenters. The first-order valence-electron chi connectivity index (χ1n) is 8.76. The van der Waals surface area contributed by atoms with Gasteiger partial charge in [0.25, 0.3) is 11.5 Å². The molecule has 1 N–H and O–H groups in total. The number of aromatic nitrogens is 2. The van der Waals surface area contributed by atoms with E-state index < -0.39 is 0 Å². The fourth-order valence-electron chi connectivity index (χ4n) is 2.94. The zero-order chi connectivity index (χ0) is 19.5. The Labute approximate surface area is 167 Å². The van der Waals surface area contributed by atoms with Crippen LogP contribution in [0.15, 0.2) is 83.7 Å². The Morgan fingerprint density at radius 2 is 1.61 bits per heavy atom. The average molecular weight is 387 g/mol. The predicted octanol–water partition coefficient (Wildman–Crippen LogP) is 3.88. The van der Waals surface area contributed by atoms with Gasteiger partial charge in [0.05, 0.1) is 10.9 Å². The molecular formula is C22H17N3O2S. The summed E-state index contributed by atoms with van der Waals surface area (Å²) in [4.78, 5) is 30.5. The lowest BCUT2D eigenvalue weighted by Gasteiger charge is -2.14. The molecule has 4 rings (SSSR count). The summed E-state index contributed by atoms with van der Waals surface area (Å²) < 4.78 is 1.21. The maximum atomic E-state index is 13.1. The Hall–Kier alpha value is -3.38. The maximum absolute atomic E-state index is 13.1. The van der Waals surface area contributed by atoms with Crippen molar-refractivity contribution in [1.82, 2.24) is 9.66 Å². The van der Waals surface area contributed by atoms with E-state index in [1.54, 1.807) is 30.3 Å². The molecule has 138 valence electrons. The van der Waals surface area contributed by atoms with E-state index in [2.05, 4.69) is 23.0 Å². The summed E-state index contributed by atoms with van der Waals surface area (Å²) in [7, 11) is 0. The first-order chi connectivity index (χ1) is 13.7. The average Bonchev–Trinajstić information content (AvgIpc) is 2.76. The van der Waals surface area contributed by atoms with Crippen LogP contribution in [0.4, 0.5) is 0 Å². The summed E-state index contributed by atoms with van der Waals surface area (Å²) in [6, 6.07) is 23.5. The van der Waals surface area contributed by atoms with Gasteiger partial charge in [-0.15, -0.1) is 0 Å². The van der Waals surface area contributed by atoms with E-state index in [1.807, 2.05) is 48.5 Å².